The number of hydrogen-bond donors (Lipinski definition) is 2. The molecule has 1 aromatic heterocycles. The van der Waals surface area contributed by atoms with Crippen LogP contribution in [0.3, 0.4) is 0 Å². The first kappa shape index (κ1) is 11.9. The summed E-state index contributed by atoms with van der Waals surface area (Å²) in [5, 5.41) is 5.90. The van der Waals surface area contributed by atoms with Crippen molar-refractivity contribution in [2.75, 3.05) is 25.6 Å². The Labute approximate surface area is 101 Å². The summed E-state index contributed by atoms with van der Waals surface area (Å²) >= 11 is 0. The molecule has 1 amide bonds. The summed E-state index contributed by atoms with van der Waals surface area (Å²) in [5.41, 5.74) is 1.46. The van der Waals surface area contributed by atoms with Gasteiger partial charge in [-0.15, -0.1) is 0 Å². The van der Waals surface area contributed by atoms with Gasteiger partial charge < -0.3 is 15.4 Å². The summed E-state index contributed by atoms with van der Waals surface area (Å²) in [6.07, 6.45) is 0.884. The topological polar surface area (TPSA) is 63.2 Å². The van der Waals surface area contributed by atoms with Crippen LogP contribution in [0.5, 0.6) is 0 Å². The molecule has 1 aliphatic heterocycles. The van der Waals surface area contributed by atoms with Crippen LogP contribution < -0.4 is 10.6 Å². The van der Waals surface area contributed by atoms with Crippen LogP contribution in [-0.2, 0) is 4.74 Å². The zero-order valence-electron chi connectivity index (χ0n) is 10.1. The highest BCUT2D eigenvalue weighted by Gasteiger charge is 2.18. The fourth-order valence-electron chi connectivity index (χ4n) is 1.84. The first-order chi connectivity index (χ1) is 8.19. The average Bonchev–Trinajstić information content (AvgIpc) is 2.81. The van der Waals surface area contributed by atoms with E-state index in [0.29, 0.717) is 18.0 Å². The molecule has 0 saturated carbocycles. The zero-order valence-corrected chi connectivity index (χ0v) is 10.1. The minimum Gasteiger partial charge on any atom is -0.379 e. The Balaban J connectivity index is 2.09. The maximum absolute atomic E-state index is 12.0. The van der Waals surface area contributed by atoms with Crippen molar-refractivity contribution in [2.24, 2.45) is 0 Å². The van der Waals surface area contributed by atoms with Crippen LogP contribution >= 0.6 is 0 Å². The molecule has 1 aliphatic rings. The Morgan fingerprint density at radius 1 is 1.53 bits per heavy atom. The molecule has 0 radical (unpaired) electrons. The molecule has 1 fully saturated rings. The van der Waals surface area contributed by atoms with Crippen LogP contribution in [0.4, 0.5) is 5.82 Å². The lowest BCUT2D eigenvalue weighted by Gasteiger charge is -2.11. The fourth-order valence-corrected chi connectivity index (χ4v) is 1.84. The molecule has 5 heteroatoms. The number of carbonyl (C=O) groups excluding carboxylic acids is 1. The van der Waals surface area contributed by atoms with Crippen LogP contribution in [-0.4, -0.2) is 37.2 Å². The summed E-state index contributed by atoms with van der Waals surface area (Å²) in [4.78, 5) is 16.2. The van der Waals surface area contributed by atoms with Gasteiger partial charge in [0.25, 0.3) is 5.91 Å². The van der Waals surface area contributed by atoms with E-state index in [1.807, 2.05) is 6.92 Å². The van der Waals surface area contributed by atoms with Gasteiger partial charge in [-0.2, -0.15) is 0 Å². The predicted molar refractivity (Wildman–Crippen MR) is 65.2 cm³/mol. The Kier molecular flexibility index (Phi) is 3.58. The van der Waals surface area contributed by atoms with Crippen LogP contribution in [0, 0.1) is 6.92 Å². The number of nitrogens with one attached hydrogen (secondary N) is 2. The van der Waals surface area contributed by atoms with Gasteiger partial charge >= 0.3 is 0 Å². The molecule has 92 valence electrons. The second-order valence-corrected chi connectivity index (χ2v) is 4.17. The number of pyridine rings is 1. The summed E-state index contributed by atoms with van der Waals surface area (Å²) in [7, 11) is 1.79. The van der Waals surface area contributed by atoms with Crippen molar-refractivity contribution in [3.63, 3.8) is 0 Å². The molecule has 1 saturated heterocycles. The second kappa shape index (κ2) is 5.14. The Bertz CT molecular complexity index is 414. The van der Waals surface area contributed by atoms with Gasteiger partial charge in [0.15, 0.2) is 0 Å². The molecular formula is C12H17N3O2. The molecule has 1 atom stereocenters. The van der Waals surface area contributed by atoms with Gasteiger partial charge in [-0.25, -0.2) is 4.98 Å². The van der Waals surface area contributed by atoms with Crippen molar-refractivity contribution in [1.29, 1.82) is 0 Å². The molecule has 0 aromatic carbocycles. The third-order valence-electron chi connectivity index (χ3n) is 2.74. The van der Waals surface area contributed by atoms with Crippen molar-refractivity contribution in [2.45, 2.75) is 19.4 Å². The minimum atomic E-state index is -0.0671. The highest BCUT2D eigenvalue weighted by molar-refractivity contribution is 5.95. The number of amides is 1. The van der Waals surface area contributed by atoms with E-state index in [1.165, 1.54) is 0 Å². The van der Waals surface area contributed by atoms with Crippen molar-refractivity contribution in [1.82, 2.24) is 10.3 Å². The van der Waals surface area contributed by atoms with Gasteiger partial charge in [0.1, 0.15) is 5.82 Å². The third-order valence-corrected chi connectivity index (χ3v) is 2.74. The molecular weight excluding hydrogens is 218 g/mol. The summed E-state index contributed by atoms with van der Waals surface area (Å²) < 4.78 is 5.22. The molecule has 1 aromatic rings. The lowest BCUT2D eigenvalue weighted by atomic mass is 10.2. The molecule has 0 bridgehead atoms. The minimum absolute atomic E-state index is 0.0671. The average molecular weight is 235 g/mol. The molecule has 2 heterocycles. The van der Waals surface area contributed by atoms with E-state index >= 15 is 0 Å². The van der Waals surface area contributed by atoms with Crippen molar-refractivity contribution in [3.8, 4) is 0 Å². The lowest BCUT2D eigenvalue weighted by molar-refractivity contribution is 0.0929. The normalized spacial score (nSPS) is 19.1. The van der Waals surface area contributed by atoms with E-state index in [0.717, 1.165) is 18.7 Å². The van der Waals surface area contributed by atoms with Crippen LogP contribution in [0.1, 0.15) is 22.5 Å². The largest absolute Gasteiger partial charge is 0.379 e. The smallest absolute Gasteiger partial charge is 0.251 e. The monoisotopic (exact) mass is 235 g/mol. The highest BCUT2D eigenvalue weighted by atomic mass is 16.5. The number of anilines is 1. The van der Waals surface area contributed by atoms with Crippen molar-refractivity contribution >= 4 is 11.7 Å². The number of nitrogens with zero attached hydrogens (tertiary/aromatic N) is 1. The van der Waals surface area contributed by atoms with Gasteiger partial charge in [-0.1, -0.05) is 0 Å². The maximum atomic E-state index is 12.0. The van der Waals surface area contributed by atoms with E-state index in [1.54, 1.807) is 19.2 Å². The number of aryl methyl sites for hydroxylation is 1. The fraction of sp³-hybridized carbons (Fsp3) is 0.500. The van der Waals surface area contributed by atoms with Gasteiger partial charge in [-0.3, -0.25) is 4.79 Å². The van der Waals surface area contributed by atoms with Crippen LogP contribution in [0.25, 0.3) is 0 Å². The maximum Gasteiger partial charge on any atom is 0.251 e. The van der Waals surface area contributed by atoms with E-state index in [-0.39, 0.29) is 11.9 Å². The van der Waals surface area contributed by atoms with Gasteiger partial charge in [0.05, 0.1) is 12.6 Å². The van der Waals surface area contributed by atoms with Crippen molar-refractivity contribution in [3.05, 3.63) is 23.4 Å². The lowest BCUT2D eigenvalue weighted by Crippen LogP contribution is -2.35. The van der Waals surface area contributed by atoms with Gasteiger partial charge in [0.2, 0.25) is 0 Å². The Hall–Kier alpha value is -1.62. The molecule has 0 spiro atoms. The second-order valence-electron chi connectivity index (χ2n) is 4.17. The van der Waals surface area contributed by atoms with E-state index in [2.05, 4.69) is 15.6 Å². The molecule has 0 aliphatic carbocycles. The first-order valence-electron chi connectivity index (χ1n) is 5.74. The van der Waals surface area contributed by atoms with E-state index in [4.69, 9.17) is 4.74 Å². The Morgan fingerprint density at radius 2 is 2.35 bits per heavy atom. The third kappa shape index (κ3) is 2.94. The quantitative estimate of drug-likeness (QED) is 0.818. The predicted octanol–water partition coefficient (Wildman–Crippen LogP) is 0.950. The molecule has 2 N–H and O–H groups in total. The molecule has 5 nitrogen and oxygen atoms in total. The number of carbonyl (C=O) groups is 1. The summed E-state index contributed by atoms with van der Waals surface area (Å²) in [5.74, 6) is 0.639. The SMILES string of the molecule is CNc1cc(C(=O)NC2CCOC2)cc(C)n1. The van der Waals surface area contributed by atoms with Gasteiger partial charge in [-0.05, 0) is 25.5 Å². The van der Waals surface area contributed by atoms with Crippen LogP contribution in [0.2, 0.25) is 0 Å². The number of hydrogen-bond acceptors (Lipinski definition) is 4. The Morgan fingerprint density at radius 3 is 3.00 bits per heavy atom. The molecule has 1 unspecified atom stereocenters. The first-order valence-corrected chi connectivity index (χ1v) is 5.74. The highest BCUT2D eigenvalue weighted by Crippen LogP contribution is 2.11. The summed E-state index contributed by atoms with van der Waals surface area (Å²) in [6, 6.07) is 3.67. The van der Waals surface area contributed by atoms with Crippen LogP contribution in [0.15, 0.2) is 12.1 Å². The zero-order chi connectivity index (χ0) is 12.3. The number of aromatic nitrogens is 1. The van der Waals surface area contributed by atoms with E-state index < -0.39 is 0 Å². The van der Waals surface area contributed by atoms with E-state index in [9.17, 15) is 4.79 Å². The molecule has 2 rings (SSSR count). The number of ether oxygens (including phenoxy) is 1. The standard InChI is InChI=1S/C12H17N3O2/c1-8-5-9(6-11(13-2)14-8)12(16)15-10-3-4-17-7-10/h5-6,10H,3-4,7H2,1-2H3,(H,13,14)(H,15,16). The summed E-state index contributed by atoms with van der Waals surface area (Å²) in [6.45, 7) is 3.20. The molecule has 17 heavy (non-hydrogen) atoms. The van der Waals surface area contributed by atoms with Crippen molar-refractivity contribution < 1.29 is 9.53 Å². The number of rotatable bonds is 3. The van der Waals surface area contributed by atoms with Gasteiger partial charge in [0, 0.05) is 24.9 Å².